The Morgan fingerprint density at radius 1 is 1.57 bits per heavy atom. The molecule has 0 saturated carbocycles. The summed E-state index contributed by atoms with van der Waals surface area (Å²) in [5.74, 6) is 0. The van der Waals surface area contributed by atoms with Crippen molar-refractivity contribution in [3.05, 3.63) is 16.6 Å². The van der Waals surface area contributed by atoms with E-state index in [1.165, 1.54) is 5.01 Å². The first-order chi connectivity index (χ1) is 6.85. The quantitative estimate of drug-likeness (QED) is 0.823. The molecule has 1 aromatic heterocycles. The Morgan fingerprint density at radius 2 is 2.36 bits per heavy atom. The number of nitrogens with zero attached hydrogens (tertiary/aromatic N) is 1. The first-order valence-electron chi connectivity index (χ1n) is 4.99. The molecule has 0 spiro atoms. The highest BCUT2D eigenvalue weighted by Crippen LogP contribution is 2.27. The van der Waals surface area contributed by atoms with Gasteiger partial charge in [0, 0.05) is 25.1 Å². The molecule has 0 aromatic carbocycles. The van der Waals surface area contributed by atoms with Crippen molar-refractivity contribution < 1.29 is 4.74 Å². The van der Waals surface area contributed by atoms with Crippen molar-refractivity contribution in [3.63, 3.8) is 0 Å². The van der Waals surface area contributed by atoms with Crippen LogP contribution in [0.3, 0.4) is 0 Å². The fourth-order valence-corrected chi connectivity index (χ4v) is 2.70. The maximum atomic E-state index is 5.68. The zero-order valence-corrected chi connectivity index (χ0v) is 9.27. The van der Waals surface area contributed by atoms with Crippen molar-refractivity contribution in [2.24, 2.45) is 0 Å². The Kier molecular flexibility index (Phi) is 3.15. The van der Waals surface area contributed by atoms with Crippen LogP contribution in [-0.2, 0) is 11.2 Å². The molecule has 14 heavy (non-hydrogen) atoms. The van der Waals surface area contributed by atoms with Crippen molar-refractivity contribution in [2.75, 3.05) is 20.2 Å². The second-order valence-electron chi connectivity index (χ2n) is 3.74. The largest absolute Gasteiger partial charge is 0.378 e. The summed E-state index contributed by atoms with van der Waals surface area (Å²) in [6.07, 6.45) is 5.00. The summed E-state index contributed by atoms with van der Waals surface area (Å²) in [7, 11) is 1.82. The van der Waals surface area contributed by atoms with Crippen LogP contribution in [0.4, 0.5) is 0 Å². The molecule has 0 bridgehead atoms. The lowest BCUT2D eigenvalue weighted by Gasteiger charge is -2.35. The average molecular weight is 212 g/mol. The van der Waals surface area contributed by atoms with Gasteiger partial charge in [-0.25, -0.2) is 4.98 Å². The summed E-state index contributed by atoms with van der Waals surface area (Å²) in [5, 5.41) is 6.57. The van der Waals surface area contributed by atoms with Gasteiger partial charge >= 0.3 is 0 Å². The predicted molar refractivity (Wildman–Crippen MR) is 57.7 cm³/mol. The topological polar surface area (TPSA) is 34.1 Å². The lowest BCUT2D eigenvalue weighted by molar-refractivity contribution is -0.0333. The highest BCUT2D eigenvalue weighted by molar-refractivity contribution is 7.09. The molecule has 1 fully saturated rings. The zero-order chi connectivity index (χ0) is 9.86. The molecule has 3 nitrogen and oxygen atoms in total. The number of nitrogens with one attached hydrogen (secondary N) is 1. The van der Waals surface area contributed by atoms with Crippen molar-refractivity contribution in [2.45, 2.75) is 24.9 Å². The normalized spacial score (nSPS) is 20.9. The summed E-state index contributed by atoms with van der Waals surface area (Å²) in [5.41, 5.74) is 0.0309. The smallest absolute Gasteiger partial charge is 0.0953 e. The molecule has 78 valence electrons. The van der Waals surface area contributed by atoms with E-state index in [9.17, 15) is 0 Å². The van der Waals surface area contributed by atoms with Gasteiger partial charge in [-0.1, -0.05) is 0 Å². The van der Waals surface area contributed by atoms with E-state index in [0.717, 1.165) is 32.4 Å². The zero-order valence-electron chi connectivity index (χ0n) is 8.45. The first kappa shape index (κ1) is 10.1. The molecule has 0 atom stereocenters. The van der Waals surface area contributed by atoms with E-state index in [4.69, 9.17) is 4.74 Å². The fraction of sp³-hybridized carbons (Fsp3) is 0.700. The molecule has 0 radical (unpaired) electrons. The van der Waals surface area contributed by atoms with Crippen LogP contribution in [0.5, 0.6) is 0 Å². The molecular weight excluding hydrogens is 196 g/mol. The van der Waals surface area contributed by atoms with Gasteiger partial charge in [-0.15, -0.1) is 11.3 Å². The van der Waals surface area contributed by atoms with Gasteiger partial charge < -0.3 is 10.1 Å². The van der Waals surface area contributed by atoms with Gasteiger partial charge in [-0.2, -0.15) is 0 Å². The number of hydrogen-bond acceptors (Lipinski definition) is 4. The third-order valence-corrected chi connectivity index (χ3v) is 3.68. The monoisotopic (exact) mass is 212 g/mol. The third kappa shape index (κ3) is 2.13. The summed E-state index contributed by atoms with van der Waals surface area (Å²) < 4.78 is 5.68. The van der Waals surface area contributed by atoms with Crippen molar-refractivity contribution in [3.8, 4) is 0 Å². The molecule has 0 aliphatic carbocycles. The molecule has 1 aliphatic heterocycles. The second-order valence-corrected chi connectivity index (χ2v) is 4.72. The number of thiazole rings is 1. The van der Waals surface area contributed by atoms with Gasteiger partial charge in [0.25, 0.3) is 0 Å². The summed E-state index contributed by atoms with van der Waals surface area (Å²) in [6, 6.07) is 0. The summed E-state index contributed by atoms with van der Waals surface area (Å²) in [4.78, 5) is 4.32. The van der Waals surface area contributed by atoms with Gasteiger partial charge in [0.05, 0.1) is 10.6 Å². The maximum Gasteiger partial charge on any atom is 0.0953 e. The van der Waals surface area contributed by atoms with Crippen LogP contribution in [0.1, 0.15) is 17.8 Å². The Bertz CT molecular complexity index is 268. The van der Waals surface area contributed by atoms with Crippen LogP contribution >= 0.6 is 11.3 Å². The van der Waals surface area contributed by atoms with Crippen LogP contribution in [-0.4, -0.2) is 30.8 Å². The van der Waals surface area contributed by atoms with Crippen LogP contribution in [0.2, 0.25) is 0 Å². The van der Waals surface area contributed by atoms with E-state index in [2.05, 4.69) is 10.3 Å². The summed E-state index contributed by atoms with van der Waals surface area (Å²) in [6.45, 7) is 2.11. The molecule has 0 amide bonds. The van der Waals surface area contributed by atoms with E-state index >= 15 is 0 Å². The highest BCUT2D eigenvalue weighted by Gasteiger charge is 2.32. The fourth-order valence-electron chi connectivity index (χ4n) is 1.95. The molecule has 0 unspecified atom stereocenters. The minimum atomic E-state index is 0.0309. The van der Waals surface area contributed by atoms with Crippen LogP contribution < -0.4 is 5.32 Å². The first-order valence-corrected chi connectivity index (χ1v) is 5.87. The molecule has 2 heterocycles. The number of hydrogen-bond donors (Lipinski definition) is 1. The molecular formula is C10H16N2OS. The van der Waals surface area contributed by atoms with Crippen LogP contribution in [0.15, 0.2) is 11.6 Å². The Balaban J connectivity index is 2.04. The van der Waals surface area contributed by atoms with Crippen molar-refractivity contribution in [1.29, 1.82) is 0 Å². The molecule has 4 heteroatoms. The van der Waals surface area contributed by atoms with Gasteiger partial charge in [0.15, 0.2) is 0 Å². The van der Waals surface area contributed by atoms with Gasteiger partial charge in [-0.3, -0.25) is 0 Å². The average Bonchev–Trinajstić information content (AvgIpc) is 2.72. The van der Waals surface area contributed by atoms with E-state index in [1.807, 2.05) is 18.7 Å². The minimum Gasteiger partial charge on any atom is -0.378 e. The Labute approximate surface area is 88.5 Å². The number of ether oxygens (including phenoxy) is 1. The van der Waals surface area contributed by atoms with Gasteiger partial charge in [-0.05, 0) is 25.9 Å². The molecule has 1 aliphatic rings. The maximum absolute atomic E-state index is 5.68. The highest BCUT2D eigenvalue weighted by atomic mass is 32.1. The number of methoxy groups -OCH3 is 1. The van der Waals surface area contributed by atoms with Crippen molar-refractivity contribution >= 4 is 11.3 Å². The van der Waals surface area contributed by atoms with Crippen molar-refractivity contribution in [1.82, 2.24) is 10.3 Å². The summed E-state index contributed by atoms with van der Waals surface area (Å²) >= 11 is 1.72. The van der Waals surface area contributed by atoms with E-state index in [1.54, 1.807) is 11.3 Å². The molecule has 1 saturated heterocycles. The third-order valence-electron chi connectivity index (χ3n) is 2.90. The molecule has 1 N–H and O–H groups in total. The van der Waals surface area contributed by atoms with E-state index < -0.39 is 0 Å². The predicted octanol–water partition coefficient (Wildman–Crippen LogP) is 1.45. The minimum absolute atomic E-state index is 0.0309. The number of aromatic nitrogens is 1. The Morgan fingerprint density at radius 3 is 2.93 bits per heavy atom. The Hall–Kier alpha value is -0.450. The van der Waals surface area contributed by atoms with Gasteiger partial charge in [0.2, 0.25) is 0 Å². The van der Waals surface area contributed by atoms with E-state index in [0.29, 0.717) is 0 Å². The van der Waals surface area contributed by atoms with E-state index in [-0.39, 0.29) is 5.60 Å². The van der Waals surface area contributed by atoms with Gasteiger partial charge in [0.1, 0.15) is 0 Å². The lowest BCUT2D eigenvalue weighted by atomic mass is 9.89. The second kappa shape index (κ2) is 4.38. The number of rotatable bonds is 3. The standard InChI is InChI=1S/C10H16N2OS/c1-13-10(2-4-11-5-3-10)8-9-12-6-7-14-9/h6-7,11H,2-5,8H2,1H3. The SMILES string of the molecule is COC1(Cc2nccs2)CCNCC1. The van der Waals surface area contributed by atoms with Crippen LogP contribution in [0.25, 0.3) is 0 Å². The molecule has 1 aromatic rings. The lowest BCUT2D eigenvalue weighted by Crippen LogP contribution is -2.44. The number of piperidine rings is 1. The molecule has 2 rings (SSSR count). The van der Waals surface area contributed by atoms with Crippen LogP contribution in [0, 0.1) is 0 Å².